The van der Waals surface area contributed by atoms with Gasteiger partial charge >= 0.3 is 11.9 Å². The molecule has 0 bridgehead atoms. The molecule has 0 saturated heterocycles. The summed E-state index contributed by atoms with van der Waals surface area (Å²) in [5.41, 5.74) is -0.947. The summed E-state index contributed by atoms with van der Waals surface area (Å²) in [6.45, 7) is 9.94. The Morgan fingerprint density at radius 1 is 0.533 bits per heavy atom. The Balaban J connectivity index is 4.36. The van der Waals surface area contributed by atoms with E-state index in [9.17, 15) is 14.4 Å². The zero-order chi connectivity index (χ0) is 33.4. The van der Waals surface area contributed by atoms with Gasteiger partial charge in [-0.3, -0.25) is 14.4 Å². The van der Waals surface area contributed by atoms with Gasteiger partial charge in [-0.2, -0.15) is 0 Å². The molecular weight excluding hydrogens is 568 g/mol. The molecule has 45 heavy (non-hydrogen) atoms. The minimum Gasteiger partial charge on any atom is -0.462 e. The van der Waals surface area contributed by atoms with Gasteiger partial charge in [0, 0.05) is 19.4 Å². The third-order valence-corrected chi connectivity index (χ3v) is 8.41. The number of hydrogen-bond acceptors (Lipinski definition) is 7. The van der Waals surface area contributed by atoms with Crippen LogP contribution in [0.3, 0.4) is 0 Å². The van der Waals surface area contributed by atoms with Gasteiger partial charge in [0.2, 0.25) is 0 Å². The molecule has 0 aliphatic heterocycles. The van der Waals surface area contributed by atoms with E-state index in [2.05, 4.69) is 13.8 Å². The number of unbranched alkanes of at least 4 members (excludes halogenated alkanes) is 20. The molecule has 0 fully saturated rings. The molecule has 0 heterocycles. The number of hydrogen-bond donors (Lipinski definition) is 0. The lowest BCUT2D eigenvalue weighted by atomic mass is 10.0. The highest BCUT2D eigenvalue weighted by Crippen LogP contribution is 2.15. The van der Waals surface area contributed by atoms with Gasteiger partial charge in [0.1, 0.15) is 18.8 Å². The van der Waals surface area contributed by atoms with Crippen molar-refractivity contribution in [1.82, 2.24) is 0 Å². The maximum Gasteiger partial charge on any atom is 0.306 e. The zero-order valence-corrected chi connectivity index (χ0v) is 30.2. The first kappa shape index (κ1) is 43.5. The van der Waals surface area contributed by atoms with Crippen LogP contribution < -0.4 is 0 Å². The molecule has 0 aromatic carbocycles. The Hall–Kier alpha value is -1.47. The summed E-state index contributed by atoms with van der Waals surface area (Å²) in [6.07, 6.45) is 26.7. The van der Waals surface area contributed by atoms with Crippen molar-refractivity contribution < 1.29 is 33.3 Å². The number of esters is 2. The van der Waals surface area contributed by atoms with Gasteiger partial charge in [-0.25, -0.2) is 0 Å². The molecule has 0 rings (SSSR count). The predicted octanol–water partition coefficient (Wildman–Crippen LogP) is 10.2. The highest BCUT2D eigenvalue weighted by Gasteiger charge is 2.28. The van der Waals surface area contributed by atoms with E-state index in [-0.39, 0.29) is 37.5 Å². The normalized spacial score (nSPS) is 12.3. The summed E-state index contributed by atoms with van der Waals surface area (Å²) in [7, 11) is 0. The number of rotatable bonds is 34. The molecule has 7 heteroatoms. The molecule has 0 spiro atoms. The lowest BCUT2D eigenvalue weighted by Crippen LogP contribution is -2.39. The zero-order valence-electron chi connectivity index (χ0n) is 30.2. The molecule has 7 nitrogen and oxygen atoms in total. The first-order valence-corrected chi connectivity index (χ1v) is 18.9. The van der Waals surface area contributed by atoms with E-state index in [0.717, 1.165) is 38.5 Å². The summed E-state index contributed by atoms with van der Waals surface area (Å²) in [4.78, 5) is 37.5. The highest BCUT2D eigenvalue weighted by atomic mass is 16.6. The fraction of sp³-hybridized carbons (Fsp3) is 0.921. The van der Waals surface area contributed by atoms with Crippen molar-refractivity contribution in [3.8, 4) is 0 Å². The van der Waals surface area contributed by atoms with E-state index in [1.807, 2.05) is 6.92 Å². The van der Waals surface area contributed by atoms with E-state index in [1.165, 1.54) is 103 Å². The number of ether oxygens (including phenoxy) is 4. The fourth-order valence-electron chi connectivity index (χ4n) is 5.38. The summed E-state index contributed by atoms with van der Waals surface area (Å²) < 4.78 is 22.2. The number of carbonyl (C=O) groups is 3. The van der Waals surface area contributed by atoms with Gasteiger partial charge in [0.15, 0.2) is 11.9 Å². The Kier molecular flexibility index (Phi) is 30.1. The van der Waals surface area contributed by atoms with Crippen LogP contribution in [0, 0.1) is 0 Å². The Bertz CT molecular complexity index is 706. The fourth-order valence-corrected chi connectivity index (χ4v) is 5.38. The molecule has 1 unspecified atom stereocenters. The van der Waals surface area contributed by atoms with Gasteiger partial charge in [0.25, 0.3) is 0 Å². The first-order chi connectivity index (χ1) is 21.8. The quantitative estimate of drug-likeness (QED) is 0.0511. The molecular formula is C38H72O7. The van der Waals surface area contributed by atoms with E-state index in [0.29, 0.717) is 19.4 Å². The van der Waals surface area contributed by atoms with Crippen LogP contribution in [0.5, 0.6) is 0 Å². The largest absolute Gasteiger partial charge is 0.462 e. The number of Topliss-reactive ketones (excluding diaryl/α,β-unsaturated/α-hetero) is 1. The van der Waals surface area contributed by atoms with Gasteiger partial charge in [-0.05, 0) is 33.6 Å². The highest BCUT2D eigenvalue weighted by molar-refractivity contribution is 5.87. The molecule has 266 valence electrons. The van der Waals surface area contributed by atoms with Crippen molar-refractivity contribution in [1.29, 1.82) is 0 Å². The van der Waals surface area contributed by atoms with Crippen LogP contribution in [0.25, 0.3) is 0 Å². The standard InChI is InChI=1S/C38H72O7/c1-6-9-11-13-15-17-19-21-23-25-27-29-36(40)43-32-34(31-42-33-35(39)38(4,5)44-8-3)45-37(41)30-28-26-24-22-20-18-16-14-12-10-7-2/h34H,6-33H2,1-5H3. The van der Waals surface area contributed by atoms with Crippen LogP contribution in [0.1, 0.15) is 189 Å². The minimum atomic E-state index is -0.947. The van der Waals surface area contributed by atoms with Gasteiger partial charge in [-0.1, -0.05) is 142 Å². The average molecular weight is 641 g/mol. The lowest BCUT2D eigenvalue weighted by Gasteiger charge is -2.23. The van der Waals surface area contributed by atoms with Crippen molar-refractivity contribution in [2.75, 3.05) is 26.4 Å². The van der Waals surface area contributed by atoms with Crippen molar-refractivity contribution in [3.05, 3.63) is 0 Å². The first-order valence-electron chi connectivity index (χ1n) is 18.9. The van der Waals surface area contributed by atoms with Crippen LogP contribution in [0.15, 0.2) is 0 Å². The third kappa shape index (κ3) is 28.5. The molecule has 0 N–H and O–H groups in total. The van der Waals surface area contributed by atoms with Crippen molar-refractivity contribution in [2.24, 2.45) is 0 Å². The van der Waals surface area contributed by atoms with Crippen molar-refractivity contribution in [2.45, 2.75) is 200 Å². The molecule has 0 aliphatic rings. The second-order valence-corrected chi connectivity index (χ2v) is 13.2. The minimum absolute atomic E-state index is 0.0103. The second kappa shape index (κ2) is 31.1. The molecule has 0 radical (unpaired) electrons. The van der Waals surface area contributed by atoms with Crippen molar-refractivity contribution in [3.63, 3.8) is 0 Å². The Labute approximate surface area is 277 Å². The maximum absolute atomic E-state index is 12.6. The topological polar surface area (TPSA) is 88.1 Å². The molecule has 0 amide bonds. The Morgan fingerprint density at radius 3 is 1.36 bits per heavy atom. The van der Waals surface area contributed by atoms with Crippen LogP contribution in [0.2, 0.25) is 0 Å². The molecule has 0 aliphatic carbocycles. The predicted molar refractivity (Wildman–Crippen MR) is 185 cm³/mol. The van der Waals surface area contributed by atoms with E-state index in [1.54, 1.807) is 13.8 Å². The average Bonchev–Trinajstić information content (AvgIpc) is 3.01. The molecule has 0 aromatic rings. The summed E-state index contributed by atoms with van der Waals surface area (Å²) in [5.74, 6) is -0.795. The van der Waals surface area contributed by atoms with Gasteiger partial charge in [-0.15, -0.1) is 0 Å². The Morgan fingerprint density at radius 2 is 0.933 bits per heavy atom. The van der Waals surface area contributed by atoms with Crippen LogP contribution >= 0.6 is 0 Å². The van der Waals surface area contributed by atoms with Crippen LogP contribution in [-0.2, 0) is 33.3 Å². The van der Waals surface area contributed by atoms with E-state index in [4.69, 9.17) is 18.9 Å². The number of ketones is 1. The van der Waals surface area contributed by atoms with Crippen LogP contribution in [-0.4, -0.2) is 55.9 Å². The second-order valence-electron chi connectivity index (χ2n) is 13.2. The molecule has 1 atom stereocenters. The van der Waals surface area contributed by atoms with E-state index < -0.39 is 11.7 Å². The van der Waals surface area contributed by atoms with E-state index >= 15 is 0 Å². The number of carbonyl (C=O) groups excluding carboxylic acids is 3. The summed E-state index contributed by atoms with van der Waals surface area (Å²) >= 11 is 0. The lowest BCUT2D eigenvalue weighted by molar-refractivity contribution is -0.164. The SMILES string of the molecule is CCCCCCCCCCCCCC(=O)OCC(COCC(=O)C(C)(C)OCC)OC(=O)CCCCCCCCCCCCC. The monoisotopic (exact) mass is 641 g/mol. The summed E-state index contributed by atoms with van der Waals surface area (Å²) in [6, 6.07) is 0. The van der Waals surface area contributed by atoms with Crippen LogP contribution in [0.4, 0.5) is 0 Å². The third-order valence-electron chi connectivity index (χ3n) is 8.41. The maximum atomic E-state index is 12.6. The molecule has 0 saturated carbocycles. The van der Waals surface area contributed by atoms with Gasteiger partial charge < -0.3 is 18.9 Å². The van der Waals surface area contributed by atoms with Crippen molar-refractivity contribution >= 4 is 17.7 Å². The smallest absolute Gasteiger partial charge is 0.306 e. The molecule has 0 aromatic heterocycles. The van der Waals surface area contributed by atoms with Gasteiger partial charge in [0.05, 0.1) is 6.61 Å². The summed E-state index contributed by atoms with van der Waals surface area (Å²) in [5, 5.41) is 0.